The Balaban J connectivity index is 4.37. The molecule has 20 heavy (non-hydrogen) atoms. The fourth-order valence-corrected chi connectivity index (χ4v) is 4.14. The molecule has 0 saturated heterocycles. The van der Waals surface area contributed by atoms with Crippen molar-refractivity contribution in [2.45, 2.75) is 52.4 Å². The first kappa shape index (κ1) is 20.2. The van der Waals surface area contributed by atoms with E-state index in [1.807, 2.05) is 6.92 Å². The summed E-state index contributed by atoms with van der Waals surface area (Å²) in [5.74, 6) is 0.402. The Hall–Kier alpha value is 0.160. The molecule has 0 aliphatic carbocycles. The average molecular weight is 328 g/mol. The van der Waals surface area contributed by atoms with Crippen molar-refractivity contribution < 1.29 is 13.5 Å². The molecule has 1 N–H and O–H groups in total. The average Bonchev–Trinajstić information content (AvgIpc) is 2.41. The third-order valence-corrected chi connectivity index (χ3v) is 5.90. The van der Waals surface area contributed by atoms with Gasteiger partial charge < -0.3 is 5.11 Å². The molecular weight excluding hydrogens is 298 g/mol. The fraction of sp³-hybridized carbons (Fsp3) is 1.00. The minimum atomic E-state index is -3.26. The molecule has 0 aliphatic heterocycles. The molecule has 1 atom stereocenters. The Morgan fingerprint density at radius 2 is 1.70 bits per heavy atom. The maximum atomic E-state index is 12.3. The van der Waals surface area contributed by atoms with Gasteiger partial charge in [0.2, 0.25) is 10.0 Å². The number of unbranched alkanes of at least 4 members (excludes halogenated alkanes) is 4. The van der Waals surface area contributed by atoms with E-state index in [-0.39, 0.29) is 18.3 Å². The topological polar surface area (TPSA) is 57.6 Å². The summed E-state index contributed by atoms with van der Waals surface area (Å²) in [6.45, 7) is 4.98. The van der Waals surface area contributed by atoms with E-state index in [0.717, 1.165) is 19.3 Å². The van der Waals surface area contributed by atoms with Gasteiger partial charge in [-0.2, -0.15) is 0 Å². The lowest BCUT2D eigenvalue weighted by Gasteiger charge is -2.23. The molecule has 0 amide bonds. The Morgan fingerprint density at radius 1 is 1.10 bits per heavy atom. The SMILES string of the molecule is CCCCCCCN(CCCO)S(=O)(=O)CC(C)CCl. The maximum Gasteiger partial charge on any atom is 0.214 e. The molecule has 0 aromatic rings. The van der Waals surface area contributed by atoms with Gasteiger partial charge in [0.05, 0.1) is 5.75 Å². The van der Waals surface area contributed by atoms with Crippen molar-refractivity contribution in [3.8, 4) is 0 Å². The Morgan fingerprint density at radius 3 is 2.25 bits per heavy atom. The normalized spacial score (nSPS) is 13.8. The van der Waals surface area contributed by atoms with Crippen molar-refractivity contribution in [1.29, 1.82) is 0 Å². The van der Waals surface area contributed by atoms with Crippen LogP contribution >= 0.6 is 11.6 Å². The van der Waals surface area contributed by atoms with Gasteiger partial charge in [0, 0.05) is 25.6 Å². The van der Waals surface area contributed by atoms with Crippen LogP contribution in [0.3, 0.4) is 0 Å². The fourth-order valence-electron chi connectivity index (χ4n) is 2.04. The molecule has 0 aromatic heterocycles. The van der Waals surface area contributed by atoms with Gasteiger partial charge in [-0.1, -0.05) is 39.5 Å². The third kappa shape index (κ3) is 9.16. The number of halogens is 1. The van der Waals surface area contributed by atoms with E-state index in [0.29, 0.717) is 25.4 Å². The van der Waals surface area contributed by atoms with Gasteiger partial charge in [0.25, 0.3) is 0 Å². The van der Waals surface area contributed by atoms with Gasteiger partial charge in [0.1, 0.15) is 0 Å². The predicted molar refractivity (Wildman–Crippen MR) is 85.7 cm³/mol. The van der Waals surface area contributed by atoms with E-state index in [2.05, 4.69) is 6.92 Å². The van der Waals surface area contributed by atoms with Crippen molar-refractivity contribution in [3.05, 3.63) is 0 Å². The minimum absolute atomic E-state index is 0.0207. The van der Waals surface area contributed by atoms with Gasteiger partial charge in [-0.25, -0.2) is 12.7 Å². The molecule has 0 fully saturated rings. The number of hydrogen-bond donors (Lipinski definition) is 1. The molecular formula is C14H30ClNO3S. The second kappa shape index (κ2) is 11.8. The summed E-state index contributed by atoms with van der Waals surface area (Å²) in [5.41, 5.74) is 0. The summed E-state index contributed by atoms with van der Waals surface area (Å²) in [4.78, 5) is 0. The van der Waals surface area contributed by atoms with Crippen LogP contribution in [0, 0.1) is 5.92 Å². The summed E-state index contributed by atoms with van der Waals surface area (Å²) in [5, 5.41) is 8.91. The first-order valence-electron chi connectivity index (χ1n) is 7.62. The zero-order chi connectivity index (χ0) is 15.4. The van der Waals surface area contributed by atoms with Crippen LogP contribution in [-0.2, 0) is 10.0 Å². The van der Waals surface area contributed by atoms with Crippen LogP contribution < -0.4 is 0 Å². The van der Waals surface area contributed by atoms with Crippen LogP contribution in [0.25, 0.3) is 0 Å². The number of rotatable bonds is 13. The molecule has 0 aromatic carbocycles. The zero-order valence-electron chi connectivity index (χ0n) is 12.9. The van der Waals surface area contributed by atoms with Crippen molar-refractivity contribution in [2.24, 2.45) is 5.92 Å². The Bertz CT molecular complexity index is 322. The van der Waals surface area contributed by atoms with Crippen molar-refractivity contribution >= 4 is 21.6 Å². The molecule has 0 bridgehead atoms. The van der Waals surface area contributed by atoms with Gasteiger partial charge >= 0.3 is 0 Å². The summed E-state index contributed by atoms with van der Waals surface area (Å²) in [7, 11) is -3.26. The summed E-state index contributed by atoms with van der Waals surface area (Å²) in [6, 6.07) is 0. The summed E-state index contributed by atoms with van der Waals surface area (Å²) < 4.78 is 26.1. The van der Waals surface area contributed by atoms with Crippen LogP contribution in [0.15, 0.2) is 0 Å². The second-order valence-corrected chi connectivity index (χ2v) is 7.75. The molecule has 0 saturated carbocycles. The lowest BCUT2D eigenvalue weighted by atomic mass is 10.1. The quantitative estimate of drug-likeness (QED) is 0.418. The van der Waals surface area contributed by atoms with E-state index in [1.54, 1.807) is 0 Å². The van der Waals surface area contributed by atoms with Crippen LogP contribution in [-0.4, -0.2) is 49.2 Å². The maximum absolute atomic E-state index is 12.3. The monoisotopic (exact) mass is 327 g/mol. The van der Waals surface area contributed by atoms with Crippen molar-refractivity contribution in [2.75, 3.05) is 31.3 Å². The van der Waals surface area contributed by atoms with Gasteiger partial charge in [-0.15, -0.1) is 11.6 Å². The van der Waals surface area contributed by atoms with Gasteiger partial charge in [-0.3, -0.25) is 0 Å². The molecule has 0 radical (unpaired) electrons. The Labute approximate surface area is 129 Å². The molecule has 6 heteroatoms. The number of alkyl halides is 1. The Kier molecular flexibility index (Phi) is 11.9. The molecule has 1 unspecified atom stereocenters. The molecule has 0 heterocycles. The van der Waals surface area contributed by atoms with Crippen LogP contribution in [0.2, 0.25) is 0 Å². The number of aliphatic hydroxyl groups is 1. The smallest absolute Gasteiger partial charge is 0.214 e. The number of hydrogen-bond acceptors (Lipinski definition) is 3. The highest BCUT2D eigenvalue weighted by Crippen LogP contribution is 2.12. The van der Waals surface area contributed by atoms with E-state index < -0.39 is 10.0 Å². The highest BCUT2D eigenvalue weighted by molar-refractivity contribution is 7.89. The molecule has 0 aliphatic rings. The lowest BCUT2D eigenvalue weighted by molar-refractivity contribution is 0.267. The molecule has 0 rings (SSSR count). The van der Waals surface area contributed by atoms with Gasteiger partial charge in [0.15, 0.2) is 0 Å². The largest absolute Gasteiger partial charge is 0.396 e. The third-order valence-electron chi connectivity index (χ3n) is 3.23. The predicted octanol–water partition coefficient (Wildman–Crippen LogP) is 2.85. The lowest BCUT2D eigenvalue weighted by Crippen LogP contribution is -2.37. The number of aliphatic hydroxyl groups excluding tert-OH is 1. The summed E-state index contributed by atoms with van der Waals surface area (Å²) >= 11 is 5.71. The van der Waals surface area contributed by atoms with E-state index in [9.17, 15) is 8.42 Å². The molecule has 4 nitrogen and oxygen atoms in total. The highest BCUT2D eigenvalue weighted by Gasteiger charge is 2.23. The first-order valence-corrected chi connectivity index (χ1v) is 9.77. The minimum Gasteiger partial charge on any atom is -0.396 e. The standard InChI is InChI=1S/C14H30ClNO3S/c1-3-4-5-6-7-9-16(10-8-11-17)20(18,19)13-14(2)12-15/h14,17H,3-13H2,1-2H3. The first-order chi connectivity index (χ1) is 9.47. The summed E-state index contributed by atoms with van der Waals surface area (Å²) in [6.07, 6.45) is 5.97. The highest BCUT2D eigenvalue weighted by atomic mass is 35.5. The number of nitrogens with zero attached hydrogens (tertiary/aromatic N) is 1. The van der Waals surface area contributed by atoms with Crippen molar-refractivity contribution in [3.63, 3.8) is 0 Å². The van der Waals surface area contributed by atoms with E-state index in [4.69, 9.17) is 16.7 Å². The van der Waals surface area contributed by atoms with Crippen molar-refractivity contribution in [1.82, 2.24) is 4.31 Å². The van der Waals surface area contributed by atoms with Crippen LogP contribution in [0.5, 0.6) is 0 Å². The number of sulfonamides is 1. The van der Waals surface area contributed by atoms with E-state index >= 15 is 0 Å². The van der Waals surface area contributed by atoms with Crippen LogP contribution in [0.4, 0.5) is 0 Å². The van der Waals surface area contributed by atoms with Crippen LogP contribution in [0.1, 0.15) is 52.4 Å². The second-order valence-electron chi connectivity index (χ2n) is 5.43. The molecule has 0 spiro atoms. The van der Waals surface area contributed by atoms with E-state index in [1.165, 1.54) is 17.1 Å². The zero-order valence-corrected chi connectivity index (χ0v) is 14.4. The molecule has 122 valence electrons. The van der Waals surface area contributed by atoms with Gasteiger partial charge in [-0.05, 0) is 18.8 Å².